The van der Waals surface area contributed by atoms with E-state index < -0.39 is 0 Å². The van der Waals surface area contributed by atoms with E-state index in [0.29, 0.717) is 23.7 Å². The molecule has 0 N–H and O–H groups in total. The lowest BCUT2D eigenvalue weighted by Gasteiger charge is -2.28. The molecule has 1 aliphatic rings. The van der Waals surface area contributed by atoms with Gasteiger partial charge in [0.05, 0.1) is 17.2 Å². The lowest BCUT2D eigenvalue weighted by Crippen LogP contribution is -2.42. The normalized spacial score (nSPS) is 18.2. The molecule has 0 aliphatic carbocycles. The van der Waals surface area contributed by atoms with Crippen molar-refractivity contribution >= 4 is 40.9 Å². The van der Waals surface area contributed by atoms with Crippen molar-refractivity contribution in [3.8, 4) is 0 Å². The molecule has 1 saturated heterocycles. The molecule has 1 unspecified atom stereocenters. The molecule has 7 heteroatoms. The molecule has 1 fully saturated rings. The maximum Gasteiger partial charge on any atom is 0.255 e. The summed E-state index contributed by atoms with van der Waals surface area (Å²) in [6, 6.07) is 1.75. The summed E-state index contributed by atoms with van der Waals surface area (Å²) >= 11 is 13.8. The highest BCUT2D eigenvalue weighted by Crippen LogP contribution is 2.26. The molecule has 0 radical (unpaired) electrons. The van der Waals surface area contributed by atoms with E-state index >= 15 is 0 Å². The van der Waals surface area contributed by atoms with Gasteiger partial charge in [0.15, 0.2) is 0 Å². The molecule has 110 valence electrons. The van der Waals surface area contributed by atoms with Crippen molar-refractivity contribution in [3.63, 3.8) is 0 Å². The molecule has 1 aromatic heterocycles. The summed E-state index contributed by atoms with van der Waals surface area (Å²) in [5, 5.41) is 0.595. The SMILES string of the molecule is COCCN(C(=O)c1cc(Cl)ncc1Cl)C1CCSC1. The number of amides is 1. The molecule has 1 atom stereocenters. The van der Waals surface area contributed by atoms with Gasteiger partial charge in [-0.1, -0.05) is 23.2 Å². The maximum absolute atomic E-state index is 12.7. The number of hydrogen-bond donors (Lipinski definition) is 0. The number of carbonyl (C=O) groups excluding carboxylic acids is 1. The van der Waals surface area contributed by atoms with Crippen LogP contribution < -0.4 is 0 Å². The van der Waals surface area contributed by atoms with Gasteiger partial charge in [-0.25, -0.2) is 4.98 Å². The van der Waals surface area contributed by atoms with Crippen molar-refractivity contribution in [1.82, 2.24) is 9.88 Å². The fourth-order valence-corrected chi connectivity index (χ4v) is 3.71. The third kappa shape index (κ3) is 3.79. The lowest BCUT2D eigenvalue weighted by atomic mass is 10.1. The van der Waals surface area contributed by atoms with Gasteiger partial charge in [-0.3, -0.25) is 4.79 Å². The van der Waals surface area contributed by atoms with Crippen LogP contribution in [0.4, 0.5) is 0 Å². The molecule has 20 heavy (non-hydrogen) atoms. The summed E-state index contributed by atoms with van der Waals surface area (Å²) < 4.78 is 5.10. The molecular weight excluding hydrogens is 319 g/mol. The van der Waals surface area contributed by atoms with Crippen LogP contribution in [0, 0.1) is 0 Å². The van der Waals surface area contributed by atoms with Gasteiger partial charge in [-0.05, 0) is 18.2 Å². The molecule has 0 saturated carbocycles. The van der Waals surface area contributed by atoms with Crippen molar-refractivity contribution in [3.05, 3.63) is 28.0 Å². The largest absolute Gasteiger partial charge is 0.383 e. The van der Waals surface area contributed by atoms with E-state index in [1.165, 1.54) is 12.3 Å². The first-order valence-corrected chi connectivity index (χ1v) is 8.23. The standard InChI is InChI=1S/C13H16Cl2N2O2S/c1-19-4-3-17(9-2-5-20-8-9)13(18)10-6-12(15)16-7-11(10)14/h6-7,9H,2-5,8H2,1H3. The second-order valence-electron chi connectivity index (χ2n) is 4.50. The van der Waals surface area contributed by atoms with Gasteiger partial charge in [0, 0.05) is 31.6 Å². The number of pyridine rings is 1. The third-order valence-electron chi connectivity index (χ3n) is 3.20. The summed E-state index contributed by atoms with van der Waals surface area (Å²) in [5.74, 6) is 1.92. The average Bonchev–Trinajstić information content (AvgIpc) is 2.95. The van der Waals surface area contributed by atoms with Crippen molar-refractivity contribution in [2.75, 3.05) is 31.8 Å². The lowest BCUT2D eigenvalue weighted by molar-refractivity contribution is 0.0625. The third-order valence-corrected chi connectivity index (χ3v) is 4.85. The molecule has 0 spiro atoms. The van der Waals surface area contributed by atoms with Crippen LogP contribution in [-0.2, 0) is 4.74 Å². The Bertz CT molecular complexity index is 481. The van der Waals surface area contributed by atoms with E-state index in [0.717, 1.165) is 17.9 Å². The summed E-state index contributed by atoms with van der Waals surface area (Å²) in [7, 11) is 1.63. The van der Waals surface area contributed by atoms with E-state index in [9.17, 15) is 4.79 Å². The molecular formula is C13H16Cl2N2O2S. The smallest absolute Gasteiger partial charge is 0.255 e. The quantitative estimate of drug-likeness (QED) is 0.776. The van der Waals surface area contributed by atoms with Gasteiger partial charge in [0.25, 0.3) is 5.91 Å². The second kappa shape index (κ2) is 7.50. The molecule has 1 aromatic rings. The Kier molecular flexibility index (Phi) is 5.96. The zero-order valence-corrected chi connectivity index (χ0v) is 13.5. The summed E-state index contributed by atoms with van der Waals surface area (Å²) in [6.07, 6.45) is 2.41. The minimum Gasteiger partial charge on any atom is -0.383 e. The Labute approximate surface area is 132 Å². The van der Waals surface area contributed by atoms with Crippen molar-refractivity contribution in [2.45, 2.75) is 12.5 Å². The number of rotatable bonds is 5. The number of hydrogen-bond acceptors (Lipinski definition) is 4. The van der Waals surface area contributed by atoms with Crippen molar-refractivity contribution in [1.29, 1.82) is 0 Å². The van der Waals surface area contributed by atoms with Crippen LogP contribution >= 0.6 is 35.0 Å². The molecule has 2 rings (SSSR count). The van der Waals surface area contributed by atoms with Gasteiger partial charge in [0.1, 0.15) is 5.15 Å². The number of ether oxygens (including phenoxy) is 1. The Balaban J connectivity index is 2.22. The fraction of sp³-hybridized carbons (Fsp3) is 0.538. The maximum atomic E-state index is 12.7. The van der Waals surface area contributed by atoms with E-state index in [-0.39, 0.29) is 17.1 Å². The van der Waals surface area contributed by atoms with Gasteiger partial charge in [-0.2, -0.15) is 11.8 Å². The van der Waals surface area contributed by atoms with E-state index in [1.807, 2.05) is 16.7 Å². The van der Waals surface area contributed by atoms with Gasteiger partial charge in [-0.15, -0.1) is 0 Å². The molecule has 2 heterocycles. The highest BCUT2D eigenvalue weighted by Gasteiger charge is 2.28. The van der Waals surface area contributed by atoms with Gasteiger partial charge < -0.3 is 9.64 Å². The zero-order valence-electron chi connectivity index (χ0n) is 11.1. The summed E-state index contributed by atoms with van der Waals surface area (Å²) in [6.45, 7) is 1.06. The van der Waals surface area contributed by atoms with Crippen LogP contribution in [-0.4, -0.2) is 53.6 Å². The fourth-order valence-electron chi connectivity index (χ4n) is 2.14. The minimum atomic E-state index is -0.108. The number of nitrogens with zero attached hydrogens (tertiary/aromatic N) is 2. The zero-order chi connectivity index (χ0) is 14.5. The Morgan fingerprint density at radius 3 is 3.05 bits per heavy atom. The predicted octanol–water partition coefficient (Wildman–Crippen LogP) is 2.98. The van der Waals surface area contributed by atoms with Crippen molar-refractivity contribution in [2.24, 2.45) is 0 Å². The van der Waals surface area contributed by atoms with Crippen LogP contribution in [0.2, 0.25) is 10.2 Å². The highest BCUT2D eigenvalue weighted by molar-refractivity contribution is 7.99. The van der Waals surface area contributed by atoms with E-state index in [4.69, 9.17) is 27.9 Å². The number of carbonyl (C=O) groups is 1. The first kappa shape index (κ1) is 15.9. The number of methoxy groups -OCH3 is 1. The molecule has 1 amide bonds. The van der Waals surface area contributed by atoms with Gasteiger partial charge >= 0.3 is 0 Å². The van der Waals surface area contributed by atoms with Crippen LogP contribution in [0.15, 0.2) is 12.3 Å². The van der Waals surface area contributed by atoms with Crippen LogP contribution in [0.5, 0.6) is 0 Å². The monoisotopic (exact) mass is 334 g/mol. The molecule has 0 bridgehead atoms. The minimum absolute atomic E-state index is 0.108. The number of aromatic nitrogens is 1. The molecule has 1 aliphatic heterocycles. The Hall–Kier alpha value is -0.490. The first-order valence-electron chi connectivity index (χ1n) is 6.32. The number of halogens is 2. The second-order valence-corrected chi connectivity index (χ2v) is 6.44. The highest BCUT2D eigenvalue weighted by atomic mass is 35.5. The topological polar surface area (TPSA) is 42.4 Å². The molecule has 0 aromatic carbocycles. The Morgan fingerprint density at radius 1 is 1.60 bits per heavy atom. The first-order chi connectivity index (χ1) is 9.63. The van der Waals surface area contributed by atoms with Crippen LogP contribution in [0.1, 0.15) is 16.8 Å². The average molecular weight is 335 g/mol. The number of thioether (sulfide) groups is 1. The predicted molar refractivity (Wildman–Crippen MR) is 82.9 cm³/mol. The van der Waals surface area contributed by atoms with Crippen LogP contribution in [0.25, 0.3) is 0 Å². The van der Waals surface area contributed by atoms with Crippen LogP contribution in [0.3, 0.4) is 0 Å². The van der Waals surface area contributed by atoms with Gasteiger partial charge in [0.2, 0.25) is 0 Å². The Morgan fingerprint density at radius 2 is 2.40 bits per heavy atom. The van der Waals surface area contributed by atoms with E-state index in [1.54, 1.807) is 7.11 Å². The van der Waals surface area contributed by atoms with E-state index in [2.05, 4.69) is 4.98 Å². The van der Waals surface area contributed by atoms with Crippen molar-refractivity contribution < 1.29 is 9.53 Å². The summed E-state index contributed by atoms with van der Waals surface area (Å²) in [5.41, 5.74) is 0.402. The summed E-state index contributed by atoms with van der Waals surface area (Å²) in [4.78, 5) is 18.4. The molecule has 4 nitrogen and oxygen atoms in total.